The molecule has 1 saturated heterocycles. The van der Waals surface area contributed by atoms with E-state index in [0.717, 1.165) is 22.3 Å². The number of allylic oxidation sites excluding steroid dienone is 1. The van der Waals surface area contributed by atoms with Crippen LogP contribution in [-0.4, -0.2) is 54.5 Å². The number of benzene rings is 2. The molecular formula is C27H28N2O6. The maximum Gasteiger partial charge on any atom is 0.407 e. The molecule has 8 nitrogen and oxygen atoms in total. The van der Waals surface area contributed by atoms with Crippen molar-refractivity contribution in [2.75, 3.05) is 13.2 Å². The summed E-state index contributed by atoms with van der Waals surface area (Å²) in [5, 5.41) is 14.9. The zero-order valence-corrected chi connectivity index (χ0v) is 19.2. The highest BCUT2D eigenvalue weighted by Crippen LogP contribution is 2.44. The highest BCUT2D eigenvalue weighted by atomic mass is 16.6. The Morgan fingerprint density at radius 1 is 1.00 bits per heavy atom. The van der Waals surface area contributed by atoms with E-state index in [1.807, 2.05) is 24.3 Å². The number of nitrogens with one attached hydrogen (secondary N) is 2. The number of fused-ring (bicyclic) bond motifs is 3. The topological polar surface area (TPSA) is 114 Å². The van der Waals surface area contributed by atoms with Gasteiger partial charge in [-0.25, -0.2) is 4.79 Å². The largest absolute Gasteiger partial charge is 0.481 e. The number of rotatable bonds is 6. The van der Waals surface area contributed by atoms with Gasteiger partial charge in [-0.1, -0.05) is 60.7 Å². The second-order valence-electron chi connectivity index (χ2n) is 9.21. The molecule has 0 saturated carbocycles. The lowest BCUT2D eigenvalue weighted by Gasteiger charge is -2.25. The number of amides is 2. The average molecular weight is 477 g/mol. The van der Waals surface area contributed by atoms with Gasteiger partial charge in [0.25, 0.3) is 5.91 Å². The molecule has 35 heavy (non-hydrogen) atoms. The number of alkyl carbamates (subject to hydrolysis) is 1. The molecule has 0 aromatic heterocycles. The zero-order chi connectivity index (χ0) is 24.4. The molecule has 2 aromatic rings. The molecular weight excluding hydrogens is 448 g/mol. The Bertz CT molecular complexity index is 1120. The van der Waals surface area contributed by atoms with Gasteiger partial charge in [0.15, 0.2) is 6.10 Å². The Hall–Kier alpha value is -3.65. The van der Waals surface area contributed by atoms with Crippen LogP contribution < -0.4 is 10.6 Å². The molecule has 1 aliphatic heterocycles. The van der Waals surface area contributed by atoms with Gasteiger partial charge in [-0.15, -0.1) is 0 Å². The molecule has 5 rings (SSSR count). The molecule has 4 atom stereocenters. The minimum atomic E-state index is -0.875. The molecule has 2 aliphatic carbocycles. The number of carbonyl (C=O) groups is 3. The summed E-state index contributed by atoms with van der Waals surface area (Å²) in [6.45, 7) is 0.526. The zero-order valence-electron chi connectivity index (χ0n) is 19.2. The van der Waals surface area contributed by atoms with E-state index in [9.17, 15) is 19.5 Å². The Morgan fingerprint density at radius 3 is 2.37 bits per heavy atom. The lowest BCUT2D eigenvalue weighted by Crippen LogP contribution is -2.51. The number of carbonyl (C=O) groups excluding carboxylic acids is 2. The van der Waals surface area contributed by atoms with Crippen LogP contribution in [0.4, 0.5) is 4.79 Å². The number of hydrogen-bond donors (Lipinski definition) is 3. The summed E-state index contributed by atoms with van der Waals surface area (Å²) in [6, 6.07) is 15.3. The van der Waals surface area contributed by atoms with Crippen molar-refractivity contribution in [3.8, 4) is 11.1 Å². The van der Waals surface area contributed by atoms with Crippen LogP contribution in [-0.2, 0) is 19.1 Å². The van der Waals surface area contributed by atoms with Gasteiger partial charge in [0.1, 0.15) is 6.61 Å². The van der Waals surface area contributed by atoms with E-state index < -0.39 is 30.1 Å². The van der Waals surface area contributed by atoms with Gasteiger partial charge in [-0.2, -0.15) is 0 Å². The normalized spacial score (nSPS) is 24.9. The smallest absolute Gasteiger partial charge is 0.407 e. The van der Waals surface area contributed by atoms with Crippen molar-refractivity contribution in [1.29, 1.82) is 0 Å². The minimum absolute atomic E-state index is 0.0488. The van der Waals surface area contributed by atoms with Crippen molar-refractivity contribution in [2.24, 2.45) is 5.92 Å². The second-order valence-corrected chi connectivity index (χ2v) is 9.21. The summed E-state index contributed by atoms with van der Waals surface area (Å²) in [6.07, 6.45) is 3.40. The van der Waals surface area contributed by atoms with E-state index in [1.165, 1.54) is 0 Å². The van der Waals surface area contributed by atoms with Gasteiger partial charge in [0.05, 0.1) is 12.0 Å². The Kier molecular flexibility index (Phi) is 6.55. The van der Waals surface area contributed by atoms with Crippen LogP contribution in [0.5, 0.6) is 0 Å². The maximum absolute atomic E-state index is 12.8. The molecule has 0 bridgehead atoms. The van der Waals surface area contributed by atoms with E-state index in [0.29, 0.717) is 25.9 Å². The third kappa shape index (κ3) is 4.79. The van der Waals surface area contributed by atoms with Gasteiger partial charge in [0.2, 0.25) is 0 Å². The van der Waals surface area contributed by atoms with Crippen LogP contribution in [0, 0.1) is 5.92 Å². The van der Waals surface area contributed by atoms with Gasteiger partial charge in [-0.05, 0) is 41.5 Å². The number of ether oxygens (including phenoxy) is 2. The van der Waals surface area contributed by atoms with Gasteiger partial charge >= 0.3 is 12.1 Å². The summed E-state index contributed by atoms with van der Waals surface area (Å²) in [7, 11) is 0. The Morgan fingerprint density at radius 2 is 1.69 bits per heavy atom. The van der Waals surface area contributed by atoms with Crippen molar-refractivity contribution in [1.82, 2.24) is 10.6 Å². The second kappa shape index (κ2) is 9.92. The van der Waals surface area contributed by atoms with Crippen molar-refractivity contribution in [3.63, 3.8) is 0 Å². The van der Waals surface area contributed by atoms with Crippen LogP contribution in [0.2, 0.25) is 0 Å². The van der Waals surface area contributed by atoms with Crippen LogP contribution in [0.25, 0.3) is 11.1 Å². The summed E-state index contributed by atoms with van der Waals surface area (Å²) in [4.78, 5) is 36.7. The molecule has 0 unspecified atom stereocenters. The summed E-state index contributed by atoms with van der Waals surface area (Å²) in [5.74, 6) is -1.82. The number of aliphatic carboxylic acids is 1. The molecule has 2 aromatic carbocycles. The summed E-state index contributed by atoms with van der Waals surface area (Å²) in [5.41, 5.74) is 4.56. The lowest BCUT2D eigenvalue weighted by molar-refractivity contribution is -0.142. The van der Waals surface area contributed by atoms with Gasteiger partial charge < -0.3 is 25.2 Å². The van der Waals surface area contributed by atoms with E-state index in [4.69, 9.17) is 9.47 Å². The molecule has 1 heterocycles. The number of carboxylic acids is 1. The fourth-order valence-electron chi connectivity index (χ4n) is 5.25. The standard InChI is InChI=1S/C27H28N2O6/c30-25(28-17-7-5-6-16(14-17)26(31)32)24-23(12-13-34-24)29-27(33)35-15-22-20-10-3-1-8-18(20)19-9-2-4-11-21(19)22/h1-5,7-11,16-17,22-24H,6,12-15H2,(H,28,30)(H,29,33)(H,31,32)/t16-,17-,23-,24+/m1/s1. The highest BCUT2D eigenvalue weighted by Gasteiger charge is 2.37. The lowest BCUT2D eigenvalue weighted by atomic mass is 9.91. The fraction of sp³-hybridized carbons (Fsp3) is 0.370. The van der Waals surface area contributed by atoms with Crippen molar-refractivity contribution in [3.05, 3.63) is 71.8 Å². The molecule has 0 spiro atoms. The van der Waals surface area contributed by atoms with E-state index in [-0.39, 0.29) is 24.5 Å². The first-order valence-electron chi connectivity index (χ1n) is 11.9. The van der Waals surface area contributed by atoms with Crippen LogP contribution >= 0.6 is 0 Å². The average Bonchev–Trinajstić information content (AvgIpc) is 3.45. The first-order chi connectivity index (χ1) is 17.0. The monoisotopic (exact) mass is 476 g/mol. The summed E-state index contributed by atoms with van der Waals surface area (Å²) >= 11 is 0. The summed E-state index contributed by atoms with van der Waals surface area (Å²) < 4.78 is 11.2. The minimum Gasteiger partial charge on any atom is -0.481 e. The first-order valence-corrected chi connectivity index (χ1v) is 11.9. The van der Waals surface area contributed by atoms with Crippen LogP contribution in [0.15, 0.2) is 60.7 Å². The number of carboxylic acid groups (broad SMARTS) is 1. The molecule has 2 amide bonds. The van der Waals surface area contributed by atoms with Gasteiger partial charge in [-0.3, -0.25) is 9.59 Å². The highest BCUT2D eigenvalue weighted by molar-refractivity contribution is 5.83. The Balaban J connectivity index is 1.17. The van der Waals surface area contributed by atoms with Crippen LogP contribution in [0.1, 0.15) is 36.3 Å². The molecule has 182 valence electrons. The molecule has 8 heteroatoms. The first kappa shape index (κ1) is 23.1. The van der Waals surface area contributed by atoms with Crippen molar-refractivity contribution < 1.29 is 29.0 Å². The third-order valence-electron chi connectivity index (χ3n) is 7.00. The quantitative estimate of drug-likeness (QED) is 0.552. The van der Waals surface area contributed by atoms with Crippen molar-refractivity contribution >= 4 is 18.0 Å². The Labute approximate surface area is 203 Å². The molecule has 3 N–H and O–H groups in total. The maximum atomic E-state index is 12.8. The predicted molar refractivity (Wildman–Crippen MR) is 128 cm³/mol. The van der Waals surface area contributed by atoms with Gasteiger partial charge in [0, 0.05) is 18.6 Å². The molecule has 0 radical (unpaired) electrons. The number of hydrogen-bond acceptors (Lipinski definition) is 5. The SMILES string of the molecule is O=C(N[C@@H]1CCO[C@@H]1C(=O)N[C@@H]1C=CC[C@@H](C(=O)O)C1)OCC1c2ccccc2-c2ccccc21. The van der Waals surface area contributed by atoms with Crippen molar-refractivity contribution in [2.45, 2.75) is 43.4 Å². The fourth-order valence-corrected chi connectivity index (χ4v) is 5.25. The van der Waals surface area contributed by atoms with E-state index in [1.54, 1.807) is 12.2 Å². The van der Waals surface area contributed by atoms with E-state index >= 15 is 0 Å². The molecule has 1 fully saturated rings. The third-order valence-corrected chi connectivity index (χ3v) is 7.00. The van der Waals surface area contributed by atoms with E-state index in [2.05, 4.69) is 34.9 Å². The van der Waals surface area contributed by atoms with Crippen LogP contribution in [0.3, 0.4) is 0 Å². The predicted octanol–water partition coefficient (Wildman–Crippen LogP) is 3.22. The molecule has 3 aliphatic rings.